The van der Waals surface area contributed by atoms with E-state index < -0.39 is 17.6 Å². The number of nitrogens with one attached hydrogen (secondary N) is 1. The first kappa shape index (κ1) is 20.6. The fraction of sp³-hybridized carbons (Fsp3) is 0.286. The quantitative estimate of drug-likeness (QED) is 0.553. The predicted molar refractivity (Wildman–Crippen MR) is 105 cm³/mol. The molecule has 3 aromatic rings. The van der Waals surface area contributed by atoms with Crippen molar-refractivity contribution in [3.05, 3.63) is 59.8 Å². The van der Waals surface area contributed by atoms with Gasteiger partial charge in [0.05, 0.1) is 7.11 Å². The number of ether oxygens (including phenoxy) is 1. The zero-order valence-electron chi connectivity index (χ0n) is 16.1. The molecule has 5 nitrogen and oxygen atoms in total. The van der Waals surface area contributed by atoms with Gasteiger partial charge in [0.2, 0.25) is 5.88 Å². The van der Waals surface area contributed by atoms with Gasteiger partial charge in [0.1, 0.15) is 5.69 Å². The Morgan fingerprint density at radius 1 is 1.03 bits per heavy atom. The van der Waals surface area contributed by atoms with E-state index in [9.17, 15) is 13.2 Å². The van der Waals surface area contributed by atoms with E-state index in [4.69, 9.17) is 4.74 Å². The Hall–Kier alpha value is -3.16. The zero-order chi connectivity index (χ0) is 20.9. The Bertz CT molecular complexity index is 945. The molecule has 152 valence electrons. The van der Waals surface area contributed by atoms with E-state index in [0.717, 1.165) is 31.9 Å². The minimum Gasteiger partial charge on any atom is -0.480 e. The molecule has 0 aliphatic carbocycles. The molecule has 0 bridgehead atoms. The highest BCUT2D eigenvalue weighted by Gasteiger charge is 2.40. The average Bonchev–Trinajstić information content (AvgIpc) is 2.72. The van der Waals surface area contributed by atoms with Gasteiger partial charge in [0, 0.05) is 11.9 Å². The van der Waals surface area contributed by atoms with Crippen LogP contribution in [0.3, 0.4) is 0 Å². The Morgan fingerprint density at radius 2 is 1.79 bits per heavy atom. The number of anilines is 2. The fourth-order valence-electron chi connectivity index (χ4n) is 2.82. The van der Waals surface area contributed by atoms with Gasteiger partial charge >= 0.3 is 6.18 Å². The number of methoxy groups -OCH3 is 1. The summed E-state index contributed by atoms with van der Waals surface area (Å²) < 4.78 is 46.1. The monoisotopic (exact) mass is 402 g/mol. The lowest BCUT2D eigenvalue weighted by Crippen LogP contribution is -2.15. The van der Waals surface area contributed by atoms with Crippen LogP contribution < -0.4 is 10.1 Å². The van der Waals surface area contributed by atoms with Crippen LogP contribution in [0.1, 0.15) is 30.9 Å². The number of aryl methyl sites for hydroxylation is 1. The number of alkyl halides is 3. The third kappa shape index (κ3) is 5.01. The maximum atomic E-state index is 13.7. The number of pyridine rings is 1. The minimum atomic E-state index is -4.70. The van der Waals surface area contributed by atoms with Crippen LogP contribution in [0.5, 0.6) is 5.88 Å². The second kappa shape index (κ2) is 8.89. The van der Waals surface area contributed by atoms with E-state index in [1.807, 2.05) is 12.1 Å². The van der Waals surface area contributed by atoms with Gasteiger partial charge in [-0.3, -0.25) is 4.98 Å². The number of halogens is 3. The molecule has 1 N–H and O–H groups in total. The number of unbranched alkanes of at least 4 members (excludes halogenated alkanes) is 1. The lowest BCUT2D eigenvalue weighted by molar-refractivity contribution is -0.138. The van der Waals surface area contributed by atoms with Gasteiger partial charge < -0.3 is 10.1 Å². The smallest absolute Gasteiger partial charge is 0.425 e. The molecule has 3 rings (SSSR count). The van der Waals surface area contributed by atoms with Crippen molar-refractivity contribution >= 4 is 11.5 Å². The Labute approximate surface area is 167 Å². The topological polar surface area (TPSA) is 59.9 Å². The molecule has 0 aliphatic rings. The molecule has 0 saturated carbocycles. The first-order valence-electron chi connectivity index (χ1n) is 9.23. The number of hydrogen-bond acceptors (Lipinski definition) is 5. The molecule has 0 saturated heterocycles. The average molecular weight is 402 g/mol. The number of hydrogen-bond donors (Lipinski definition) is 1. The second-order valence-electron chi connectivity index (χ2n) is 6.42. The highest BCUT2D eigenvalue weighted by Crippen LogP contribution is 2.41. The molecule has 0 aliphatic heterocycles. The summed E-state index contributed by atoms with van der Waals surface area (Å²) >= 11 is 0. The first-order valence-corrected chi connectivity index (χ1v) is 9.23. The van der Waals surface area contributed by atoms with Crippen LogP contribution >= 0.6 is 0 Å². The van der Waals surface area contributed by atoms with E-state index in [1.165, 1.54) is 6.20 Å². The van der Waals surface area contributed by atoms with Gasteiger partial charge in [0.15, 0.2) is 17.2 Å². The summed E-state index contributed by atoms with van der Waals surface area (Å²) in [5.41, 5.74) is 0.901. The van der Waals surface area contributed by atoms with Crippen molar-refractivity contribution in [2.45, 2.75) is 32.4 Å². The molecular weight excluding hydrogens is 381 g/mol. The molecule has 0 amide bonds. The largest absolute Gasteiger partial charge is 0.480 e. The Kier molecular flexibility index (Phi) is 6.31. The first-order chi connectivity index (χ1) is 13.9. The van der Waals surface area contributed by atoms with E-state index in [2.05, 4.69) is 27.2 Å². The lowest BCUT2D eigenvalue weighted by Gasteiger charge is -2.17. The van der Waals surface area contributed by atoms with E-state index in [1.54, 1.807) is 30.3 Å². The Morgan fingerprint density at radius 3 is 2.38 bits per heavy atom. The van der Waals surface area contributed by atoms with Crippen molar-refractivity contribution in [1.82, 2.24) is 15.0 Å². The molecule has 1 aromatic carbocycles. The summed E-state index contributed by atoms with van der Waals surface area (Å²) in [6.07, 6.45) is -0.119. The third-order valence-corrected chi connectivity index (χ3v) is 4.28. The predicted octanol–water partition coefficient (Wildman–Crippen LogP) is 5.65. The molecule has 0 atom stereocenters. The maximum Gasteiger partial charge on any atom is 0.425 e. The summed E-state index contributed by atoms with van der Waals surface area (Å²) in [7, 11) is 1.14. The molecule has 2 heterocycles. The van der Waals surface area contributed by atoms with Gasteiger partial charge in [-0.15, -0.1) is 0 Å². The van der Waals surface area contributed by atoms with Gasteiger partial charge in [-0.2, -0.15) is 18.2 Å². The van der Waals surface area contributed by atoms with Crippen molar-refractivity contribution in [2.24, 2.45) is 0 Å². The minimum absolute atomic E-state index is 0.0394. The molecule has 29 heavy (non-hydrogen) atoms. The van der Waals surface area contributed by atoms with Crippen molar-refractivity contribution in [2.75, 3.05) is 12.4 Å². The number of nitrogens with zero attached hydrogens (tertiary/aromatic N) is 3. The molecule has 0 unspecified atom stereocenters. The molecule has 2 aromatic heterocycles. The fourth-order valence-corrected chi connectivity index (χ4v) is 2.82. The second-order valence-corrected chi connectivity index (χ2v) is 6.42. The summed E-state index contributed by atoms with van der Waals surface area (Å²) in [4.78, 5) is 12.1. The van der Waals surface area contributed by atoms with Crippen LogP contribution in [0.25, 0.3) is 11.5 Å². The third-order valence-electron chi connectivity index (χ3n) is 4.28. The van der Waals surface area contributed by atoms with E-state index in [-0.39, 0.29) is 11.6 Å². The standard InChI is InChI=1S/C21H21F3N4O/c1-3-4-7-14-9-11-15(12-10-14)26-19-17(21(22,23)24)20(29-2)28-18(27-19)16-8-5-6-13-25-16/h5-6,8-13H,3-4,7H2,1-2H3,(H,26,27,28). The van der Waals surface area contributed by atoms with Crippen LogP contribution in [0, 0.1) is 0 Å². The van der Waals surface area contributed by atoms with Crippen LogP contribution in [0.4, 0.5) is 24.7 Å². The van der Waals surface area contributed by atoms with Crippen LogP contribution in [0.15, 0.2) is 48.7 Å². The number of rotatable bonds is 7. The SMILES string of the molecule is CCCCc1ccc(Nc2nc(-c3ccccn3)nc(OC)c2C(F)(F)F)cc1. The molecule has 8 heteroatoms. The Balaban J connectivity index is 2.03. The van der Waals surface area contributed by atoms with Gasteiger partial charge in [0.25, 0.3) is 0 Å². The number of benzene rings is 1. The van der Waals surface area contributed by atoms with Crippen molar-refractivity contribution < 1.29 is 17.9 Å². The van der Waals surface area contributed by atoms with Crippen LogP contribution in [0.2, 0.25) is 0 Å². The summed E-state index contributed by atoms with van der Waals surface area (Å²) in [6.45, 7) is 2.11. The van der Waals surface area contributed by atoms with Crippen molar-refractivity contribution in [3.63, 3.8) is 0 Å². The zero-order valence-corrected chi connectivity index (χ0v) is 16.1. The molecule has 0 radical (unpaired) electrons. The summed E-state index contributed by atoms with van der Waals surface area (Å²) in [5, 5.41) is 2.77. The molecular formula is C21H21F3N4O. The molecule has 0 spiro atoms. The summed E-state index contributed by atoms with van der Waals surface area (Å²) in [5.74, 6) is -0.904. The highest BCUT2D eigenvalue weighted by molar-refractivity contribution is 5.65. The molecule has 0 fully saturated rings. The van der Waals surface area contributed by atoms with Gasteiger partial charge in [-0.25, -0.2) is 4.98 Å². The van der Waals surface area contributed by atoms with Crippen molar-refractivity contribution in [3.8, 4) is 17.4 Å². The van der Waals surface area contributed by atoms with E-state index >= 15 is 0 Å². The van der Waals surface area contributed by atoms with E-state index in [0.29, 0.717) is 11.4 Å². The maximum absolute atomic E-state index is 13.7. The lowest BCUT2D eigenvalue weighted by atomic mass is 10.1. The van der Waals surface area contributed by atoms with Gasteiger partial charge in [-0.1, -0.05) is 31.5 Å². The van der Waals surface area contributed by atoms with Crippen LogP contribution in [-0.4, -0.2) is 22.1 Å². The summed E-state index contributed by atoms with van der Waals surface area (Å²) in [6, 6.07) is 12.3. The highest BCUT2D eigenvalue weighted by atomic mass is 19.4. The number of aromatic nitrogens is 3. The normalized spacial score (nSPS) is 11.3. The van der Waals surface area contributed by atoms with Crippen molar-refractivity contribution in [1.29, 1.82) is 0 Å². The van der Waals surface area contributed by atoms with Gasteiger partial charge in [-0.05, 0) is 42.7 Å². The van der Waals surface area contributed by atoms with Crippen LogP contribution in [-0.2, 0) is 12.6 Å².